The van der Waals surface area contributed by atoms with Gasteiger partial charge in [-0.05, 0) is 12.1 Å². The Labute approximate surface area is 93.7 Å². The molecule has 0 aliphatic heterocycles. The second-order valence-electron chi connectivity index (χ2n) is 3.31. The highest BCUT2D eigenvalue weighted by Gasteiger charge is 2.12. The van der Waals surface area contributed by atoms with E-state index in [1.54, 1.807) is 37.3 Å². The lowest BCUT2D eigenvalue weighted by atomic mass is 10.2. The number of ketones is 1. The van der Waals surface area contributed by atoms with E-state index in [-0.39, 0.29) is 12.2 Å². The number of hydrogen-bond donors (Lipinski definition) is 1. The predicted octanol–water partition coefficient (Wildman–Crippen LogP) is 1.31. The van der Waals surface area contributed by atoms with Crippen molar-refractivity contribution in [1.82, 2.24) is 5.32 Å². The van der Waals surface area contributed by atoms with Crippen LogP contribution in [0, 0.1) is 0 Å². The summed E-state index contributed by atoms with van der Waals surface area (Å²) < 4.78 is 0. The molecule has 1 aromatic carbocycles. The normalized spacial score (nSPS) is 9.56. The number of hydrogen-bond acceptors (Lipinski definition) is 3. The van der Waals surface area contributed by atoms with Gasteiger partial charge in [-0.2, -0.15) is 0 Å². The third kappa shape index (κ3) is 3.65. The predicted molar refractivity (Wildman–Crippen MR) is 58.8 cm³/mol. The Bertz CT molecular complexity index is 398. The molecule has 0 aromatic heterocycles. The minimum Gasteiger partial charge on any atom is -0.299 e. The lowest BCUT2D eigenvalue weighted by Gasteiger charge is -2.02. The van der Waals surface area contributed by atoms with Crippen LogP contribution in [0.2, 0.25) is 0 Å². The van der Waals surface area contributed by atoms with Crippen molar-refractivity contribution >= 4 is 17.6 Å². The number of benzene rings is 1. The molecule has 4 heteroatoms. The van der Waals surface area contributed by atoms with Crippen molar-refractivity contribution in [3.05, 3.63) is 35.9 Å². The van der Waals surface area contributed by atoms with Gasteiger partial charge in [0.1, 0.15) is 5.78 Å². The summed E-state index contributed by atoms with van der Waals surface area (Å²) in [6, 6.07) is 8.39. The first-order valence-corrected chi connectivity index (χ1v) is 5.04. The zero-order valence-electron chi connectivity index (χ0n) is 9.03. The molecule has 4 nitrogen and oxygen atoms in total. The lowest BCUT2D eigenvalue weighted by molar-refractivity contribution is -0.127. The molecule has 0 fully saturated rings. The molecule has 0 saturated heterocycles. The standard InChI is InChI=1S/C12H13NO3/c1-2-10(14)8-11(15)13-12(16)9-6-4-3-5-7-9/h3-7H,2,8H2,1H3,(H,13,15,16). The van der Waals surface area contributed by atoms with Crippen LogP contribution in [-0.4, -0.2) is 17.6 Å². The van der Waals surface area contributed by atoms with Crippen molar-refractivity contribution in [1.29, 1.82) is 0 Å². The number of carbonyl (C=O) groups is 3. The number of Topliss-reactive ketones (excluding diaryl/α,β-unsaturated/α-hetero) is 1. The molecule has 0 spiro atoms. The lowest BCUT2D eigenvalue weighted by Crippen LogP contribution is -2.31. The van der Waals surface area contributed by atoms with E-state index < -0.39 is 11.8 Å². The van der Waals surface area contributed by atoms with Gasteiger partial charge in [-0.15, -0.1) is 0 Å². The van der Waals surface area contributed by atoms with E-state index in [4.69, 9.17) is 0 Å². The first kappa shape index (κ1) is 12.1. The zero-order chi connectivity index (χ0) is 12.0. The maximum Gasteiger partial charge on any atom is 0.257 e. The van der Waals surface area contributed by atoms with Crippen LogP contribution in [0.5, 0.6) is 0 Å². The maximum atomic E-state index is 11.5. The van der Waals surface area contributed by atoms with Gasteiger partial charge < -0.3 is 0 Å². The fraction of sp³-hybridized carbons (Fsp3) is 0.250. The van der Waals surface area contributed by atoms with Crippen LogP contribution in [0.1, 0.15) is 30.1 Å². The fourth-order valence-corrected chi connectivity index (χ4v) is 1.14. The number of amides is 2. The molecule has 16 heavy (non-hydrogen) atoms. The molecule has 2 amide bonds. The molecule has 0 unspecified atom stereocenters. The van der Waals surface area contributed by atoms with Gasteiger partial charge in [0.15, 0.2) is 0 Å². The van der Waals surface area contributed by atoms with Crippen LogP contribution in [-0.2, 0) is 9.59 Å². The summed E-state index contributed by atoms with van der Waals surface area (Å²) in [5, 5.41) is 2.16. The Morgan fingerprint density at radius 1 is 1.12 bits per heavy atom. The number of nitrogens with one attached hydrogen (secondary N) is 1. The molecule has 0 aliphatic rings. The van der Waals surface area contributed by atoms with Gasteiger partial charge in [0, 0.05) is 12.0 Å². The monoisotopic (exact) mass is 219 g/mol. The average Bonchev–Trinajstić information content (AvgIpc) is 2.29. The van der Waals surface area contributed by atoms with Crippen molar-refractivity contribution < 1.29 is 14.4 Å². The summed E-state index contributed by atoms with van der Waals surface area (Å²) in [5.74, 6) is -1.21. The summed E-state index contributed by atoms with van der Waals surface area (Å²) in [7, 11) is 0. The van der Waals surface area contributed by atoms with Gasteiger partial charge in [-0.3, -0.25) is 19.7 Å². The summed E-state index contributed by atoms with van der Waals surface area (Å²) in [4.78, 5) is 33.7. The second-order valence-corrected chi connectivity index (χ2v) is 3.31. The van der Waals surface area contributed by atoms with E-state index in [1.807, 2.05) is 0 Å². The molecule has 0 heterocycles. The van der Waals surface area contributed by atoms with Gasteiger partial charge in [0.2, 0.25) is 5.91 Å². The third-order valence-corrected chi connectivity index (χ3v) is 2.04. The van der Waals surface area contributed by atoms with E-state index in [0.717, 1.165) is 0 Å². The molecule has 1 N–H and O–H groups in total. The highest BCUT2D eigenvalue weighted by molar-refractivity contribution is 6.09. The summed E-state index contributed by atoms with van der Waals surface area (Å²) >= 11 is 0. The molecule has 84 valence electrons. The molecule has 0 aliphatic carbocycles. The van der Waals surface area contributed by atoms with E-state index in [0.29, 0.717) is 12.0 Å². The van der Waals surface area contributed by atoms with Crippen molar-refractivity contribution in [2.75, 3.05) is 0 Å². The number of imide groups is 1. The largest absolute Gasteiger partial charge is 0.299 e. The highest BCUT2D eigenvalue weighted by atomic mass is 16.2. The Kier molecular flexibility index (Phi) is 4.39. The van der Waals surface area contributed by atoms with Crippen molar-refractivity contribution in [2.24, 2.45) is 0 Å². The molecule has 1 aromatic rings. The van der Waals surface area contributed by atoms with E-state index >= 15 is 0 Å². The van der Waals surface area contributed by atoms with Crippen LogP contribution < -0.4 is 5.32 Å². The third-order valence-electron chi connectivity index (χ3n) is 2.04. The fourth-order valence-electron chi connectivity index (χ4n) is 1.14. The van der Waals surface area contributed by atoms with Crippen LogP contribution in [0.4, 0.5) is 0 Å². The first-order valence-electron chi connectivity index (χ1n) is 5.04. The van der Waals surface area contributed by atoms with Gasteiger partial charge in [0.25, 0.3) is 5.91 Å². The quantitative estimate of drug-likeness (QED) is 0.776. The van der Waals surface area contributed by atoms with Crippen LogP contribution in [0.15, 0.2) is 30.3 Å². The molecule has 0 atom stereocenters. The Balaban J connectivity index is 2.52. The molecule has 1 rings (SSSR count). The Morgan fingerprint density at radius 3 is 2.31 bits per heavy atom. The van der Waals surface area contributed by atoms with Gasteiger partial charge >= 0.3 is 0 Å². The van der Waals surface area contributed by atoms with Crippen LogP contribution in [0.25, 0.3) is 0 Å². The SMILES string of the molecule is CCC(=O)CC(=O)NC(=O)c1ccccc1. The number of carbonyl (C=O) groups excluding carboxylic acids is 3. The molecule has 0 saturated carbocycles. The zero-order valence-corrected chi connectivity index (χ0v) is 9.03. The number of rotatable bonds is 4. The van der Waals surface area contributed by atoms with Gasteiger partial charge in [0.05, 0.1) is 6.42 Å². The van der Waals surface area contributed by atoms with Crippen molar-refractivity contribution in [3.8, 4) is 0 Å². The Morgan fingerprint density at radius 2 is 1.75 bits per heavy atom. The summed E-state index contributed by atoms with van der Waals surface area (Å²) in [6.07, 6.45) is 0.0576. The minimum absolute atomic E-state index is 0.182. The molecule has 0 bridgehead atoms. The summed E-state index contributed by atoms with van der Waals surface area (Å²) in [6.45, 7) is 1.68. The van der Waals surface area contributed by atoms with E-state index in [9.17, 15) is 14.4 Å². The average molecular weight is 219 g/mol. The van der Waals surface area contributed by atoms with Crippen LogP contribution in [0.3, 0.4) is 0 Å². The van der Waals surface area contributed by atoms with Crippen molar-refractivity contribution in [2.45, 2.75) is 19.8 Å². The highest BCUT2D eigenvalue weighted by Crippen LogP contribution is 1.98. The molecular weight excluding hydrogens is 206 g/mol. The smallest absolute Gasteiger partial charge is 0.257 e. The maximum absolute atomic E-state index is 11.5. The molecular formula is C12H13NO3. The Hall–Kier alpha value is -1.97. The van der Waals surface area contributed by atoms with Gasteiger partial charge in [-0.25, -0.2) is 0 Å². The van der Waals surface area contributed by atoms with E-state index in [2.05, 4.69) is 5.32 Å². The summed E-state index contributed by atoms with van der Waals surface area (Å²) in [5.41, 5.74) is 0.403. The topological polar surface area (TPSA) is 63.2 Å². The second kappa shape index (κ2) is 5.80. The van der Waals surface area contributed by atoms with Gasteiger partial charge in [-0.1, -0.05) is 25.1 Å². The first-order chi connectivity index (χ1) is 7.63. The van der Waals surface area contributed by atoms with E-state index in [1.165, 1.54) is 0 Å². The minimum atomic E-state index is -0.555. The van der Waals surface area contributed by atoms with Crippen LogP contribution >= 0.6 is 0 Å². The van der Waals surface area contributed by atoms with Crippen molar-refractivity contribution in [3.63, 3.8) is 0 Å². The molecule has 0 radical (unpaired) electrons.